The van der Waals surface area contributed by atoms with E-state index in [0.717, 1.165) is 41.0 Å². The fraction of sp³-hybridized carbons (Fsp3) is 0.571. The van der Waals surface area contributed by atoms with Crippen LogP contribution >= 0.6 is 27.5 Å². The van der Waals surface area contributed by atoms with Crippen molar-refractivity contribution in [2.45, 2.75) is 38.7 Å². The van der Waals surface area contributed by atoms with Crippen LogP contribution in [0.4, 0.5) is 0 Å². The van der Waals surface area contributed by atoms with Gasteiger partial charge in [0.2, 0.25) is 0 Å². The summed E-state index contributed by atoms with van der Waals surface area (Å²) in [6, 6.07) is 2.55. The van der Waals surface area contributed by atoms with Crippen molar-refractivity contribution in [1.82, 2.24) is 19.4 Å². The number of aryl methyl sites for hydroxylation is 1. The fourth-order valence-electron chi connectivity index (χ4n) is 2.11. The number of imidazole rings is 1. The molecule has 6 heteroatoms. The predicted molar refractivity (Wildman–Crippen MR) is 87.2 cm³/mol. The van der Waals surface area contributed by atoms with Gasteiger partial charge in [-0.05, 0) is 55.9 Å². The molecule has 4 nitrogen and oxygen atoms in total. The van der Waals surface area contributed by atoms with Crippen LogP contribution in [0.3, 0.4) is 0 Å². The Morgan fingerprint density at radius 1 is 1.45 bits per heavy atom. The lowest BCUT2D eigenvalue weighted by atomic mass is 10.3. The zero-order valence-electron chi connectivity index (χ0n) is 12.1. The highest BCUT2D eigenvalue weighted by Crippen LogP contribution is 2.19. The maximum absolute atomic E-state index is 6.00. The Labute approximate surface area is 133 Å². The van der Waals surface area contributed by atoms with Crippen LogP contribution in [0, 0.1) is 0 Å². The standard InChI is InChI=1S/C14H20BrClN4/c1-10(2)19(3)5-4-6-20-13(8-16)18-12-7-11(15)9-17-14(12)20/h7,9-10H,4-6,8H2,1-3H3. The van der Waals surface area contributed by atoms with Crippen molar-refractivity contribution in [2.75, 3.05) is 13.6 Å². The van der Waals surface area contributed by atoms with E-state index in [1.54, 1.807) is 6.20 Å². The Kier molecular flexibility index (Phi) is 5.41. The van der Waals surface area contributed by atoms with Crippen molar-refractivity contribution < 1.29 is 0 Å². The zero-order valence-corrected chi connectivity index (χ0v) is 14.4. The second-order valence-corrected chi connectivity index (χ2v) is 6.42. The van der Waals surface area contributed by atoms with E-state index in [1.165, 1.54) is 0 Å². The molecule has 0 aliphatic rings. The molecule has 20 heavy (non-hydrogen) atoms. The van der Waals surface area contributed by atoms with Crippen LogP contribution in [-0.4, -0.2) is 39.1 Å². The van der Waals surface area contributed by atoms with Crippen LogP contribution < -0.4 is 0 Å². The molecule has 0 fully saturated rings. The molecular weight excluding hydrogens is 340 g/mol. The molecule has 0 aliphatic carbocycles. The Morgan fingerprint density at radius 3 is 2.85 bits per heavy atom. The van der Waals surface area contributed by atoms with E-state index in [2.05, 4.69) is 56.3 Å². The molecule has 0 aromatic carbocycles. The first-order chi connectivity index (χ1) is 9.52. The van der Waals surface area contributed by atoms with Crippen molar-refractivity contribution in [3.05, 3.63) is 22.6 Å². The van der Waals surface area contributed by atoms with Gasteiger partial charge in [0.25, 0.3) is 0 Å². The van der Waals surface area contributed by atoms with Gasteiger partial charge in [-0.3, -0.25) is 0 Å². The lowest BCUT2D eigenvalue weighted by Crippen LogP contribution is -2.28. The topological polar surface area (TPSA) is 34.0 Å². The average Bonchev–Trinajstić information content (AvgIpc) is 2.75. The van der Waals surface area contributed by atoms with Crippen LogP contribution in [0.25, 0.3) is 11.2 Å². The van der Waals surface area contributed by atoms with Crippen LogP contribution in [0.5, 0.6) is 0 Å². The Morgan fingerprint density at radius 2 is 2.20 bits per heavy atom. The van der Waals surface area contributed by atoms with E-state index in [9.17, 15) is 0 Å². The van der Waals surface area contributed by atoms with E-state index in [-0.39, 0.29) is 0 Å². The van der Waals surface area contributed by atoms with Gasteiger partial charge in [0.05, 0.1) is 5.88 Å². The summed E-state index contributed by atoms with van der Waals surface area (Å²) in [6.07, 6.45) is 2.86. The molecule has 0 saturated carbocycles. The minimum absolute atomic E-state index is 0.411. The maximum atomic E-state index is 6.00. The number of hydrogen-bond donors (Lipinski definition) is 0. The van der Waals surface area contributed by atoms with Gasteiger partial charge < -0.3 is 9.47 Å². The summed E-state index contributed by atoms with van der Waals surface area (Å²) in [5.41, 5.74) is 1.81. The molecule has 2 aromatic heterocycles. The van der Waals surface area contributed by atoms with Gasteiger partial charge >= 0.3 is 0 Å². The summed E-state index contributed by atoms with van der Waals surface area (Å²) in [5.74, 6) is 1.30. The number of alkyl halides is 1. The summed E-state index contributed by atoms with van der Waals surface area (Å²) < 4.78 is 3.07. The molecule has 110 valence electrons. The summed E-state index contributed by atoms with van der Waals surface area (Å²) in [6.45, 7) is 6.35. The number of nitrogens with zero attached hydrogens (tertiary/aromatic N) is 4. The number of pyridine rings is 1. The molecule has 0 spiro atoms. The Bertz CT molecular complexity index is 582. The van der Waals surface area contributed by atoms with Crippen molar-refractivity contribution >= 4 is 38.7 Å². The average molecular weight is 360 g/mol. The molecule has 2 rings (SSSR count). The van der Waals surface area contributed by atoms with Crippen LogP contribution in [0.1, 0.15) is 26.1 Å². The molecule has 0 unspecified atom stereocenters. The molecule has 0 aliphatic heterocycles. The molecule has 0 N–H and O–H groups in total. The monoisotopic (exact) mass is 358 g/mol. The van der Waals surface area contributed by atoms with Crippen LogP contribution in [0.15, 0.2) is 16.7 Å². The van der Waals surface area contributed by atoms with Crippen molar-refractivity contribution in [3.63, 3.8) is 0 Å². The van der Waals surface area contributed by atoms with Crippen LogP contribution in [0.2, 0.25) is 0 Å². The fourth-order valence-corrected chi connectivity index (χ4v) is 2.63. The molecule has 0 saturated heterocycles. The highest BCUT2D eigenvalue weighted by molar-refractivity contribution is 9.10. The summed E-state index contributed by atoms with van der Waals surface area (Å²) in [7, 11) is 2.15. The molecule has 2 heterocycles. The first-order valence-corrected chi connectivity index (χ1v) is 8.12. The largest absolute Gasteiger partial charge is 0.312 e. The molecule has 0 atom stereocenters. The molecule has 0 bridgehead atoms. The SMILES string of the molecule is CC(C)N(C)CCCn1c(CCl)nc2cc(Br)cnc21. The third-order valence-corrected chi connectivity index (χ3v) is 4.20. The van der Waals surface area contributed by atoms with Crippen molar-refractivity contribution in [3.8, 4) is 0 Å². The summed E-state index contributed by atoms with van der Waals surface area (Å²) in [4.78, 5) is 11.4. The van der Waals surface area contributed by atoms with Gasteiger partial charge in [-0.1, -0.05) is 0 Å². The van der Waals surface area contributed by atoms with Gasteiger partial charge in [-0.15, -0.1) is 11.6 Å². The van der Waals surface area contributed by atoms with E-state index in [1.807, 2.05) is 6.07 Å². The van der Waals surface area contributed by atoms with E-state index >= 15 is 0 Å². The second kappa shape index (κ2) is 6.87. The van der Waals surface area contributed by atoms with Gasteiger partial charge in [-0.25, -0.2) is 9.97 Å². The molecular formula is C14H20BrClN4. The van der Waals surface area contributed by atoms with E-state index in [0.29, 0.717) is 11.9 Å². The normalized spacial score (nSPS) is 11.9. The highest BCUT2D eigenvalue weighted by Gasteiger charge is 2.12. The maximum Gasteiger partial charge on any atom is 0.160 e. The summed E-state index contributed by atoms with van der Waals surface area (Å²) >= 11 is 9.43. The van der Waals surface area contributed by atoms with Gasteiger partial charge in [0.1, 0.15) is 11.3 Å². The van der Waals surface area contributed by atoms with Gasteiger partial charge in [0, 0.05) is 23.3 Å². The number of hydrogen-bond acceptors (Lipinski definition) is 3. The molecule has 2 aromatic rings. The highest BCUT2D eigenvalue weighted by atomic mass is 79.9. The quantitative estimate of drug-likeness (QED) is 0.738. The number of fused-ring (bicyclic) bond motifs is 1. The van der Waals surface area contributed by atoms with Crippen molar-refractivity contribution in [2.24, 2.45) is 0 Å². The molecule has 0 amide bonds. The van der Waals surface area contributed by atoms with E-state index < -0.39 is 0 Å². The Hall–Kier alpha value is -0.650. The minimum Gasteiger partial charge on any atom is -0.312 e. The second-order valence-electron chi connectivity index (χ2n) is 5.24. The van der Waals surface area contributed by atoms with Gasteiger partial charge in [0.15, 0.2) is 5.65 Å². The van der Waals surface area contributed by atoms with E-state index in [4.69, 9.17) is 11.6 Å². The third-order valence-electron chi connectivity index (χ3n) is 3.52. The lowest BCUT2D eigenvalue weighted by molar-refractivity contribution is 0.265. The first-order valence-electron chi connectivity index (χ1n) is 6.79. The number of aromatic nitrogens is 3. The first kappa shape index (κ1) is 15.7. The predicted octanol–water partition coefficient (Wildman–Crippen LogP) is 3.66. The lowest BCUT2D eigenvalue weighted by Gasteiger charge is -2.21. The van der Waals surface area contributed by atoms with Crippen LogP contribution in [-0.2, 0) is 12.4 Å². The Balaban J connectivity index is 2.16. The van der Waals surface area contributed by atoms with Crippen molar-refractivity contribution in [1.29, 1.82) is 0 Å². The third kappa shape index (κ3) is 3.51. The smallest absolute Gasteiger partial charge is 0.160 e. The molecule has 0 radical (unpaired) electrons. The number of halogens is 2. The summed E-state index contributed by atoms with van der Waals surface area (Å²) in [5, 5.41) is 0. The van der Waals surface area contributed by atoms with Gasteiger partial charge in [-0.2, -0.15) is 0 Å². The zero-order chi connectivity index (χ0) is 14.7. The minimum atomic E-state index is 0.411. The number of rotatable bonds is 6.